The molecule has 1 rings (SSSR count). The summed E-state index contributed by atoms with van der Waals surface area (Å²) in [5.74, 6) is 0.225. The van der Waals surface area contributed by atoms with Crippen LogP contribution >= 0.6 is 0 Å². The van der Waals surface area contributed by atoms with Crippen LogP contribution in [0.15, 0.2) is 0 Å². The van der Waals surface area contributed by atoms with Crippen LogP contribution in [0, 0.1) is 17.8 Å². The largest absolute Gasteiger partial charge is 0.481 e. The van der Waals surface area contributed by atoms with Crippen LogP contribution in [-0.2, 0) is 14.3 Å². The first-order valence-electron chi connectivity index (χ1n) is 19.0. The molecule has 0 aromatic heterocycles. The molecule has 1 saturated heterocycles. The van der Waals surface area contributed by atoms with Gasteiger partial charge in [-0.05, 0) is 64.0 Å². The molecular weight excluding hydrogens is 534 g/mol. The van der Waals surface area contributed by atoms with E-state index < -0.39 is 5.97 Å². The van der Waals surface area contributed by atoms with Crippen molar-refractivity contribution in [3.63, 3.8) is 0 Å². The third kappa shape index (κ3) is 19.8. The van der Waals surface area contributed by atoms with Gasteiger partial charge in [-0.25, -0.2) is 0 Å². The molecule has 0 spiro atoms. The van der Waals surface area contributed by atoms with E-state index in [0.717, 1.165) is 32.2 Å². The fourth-order valence-electron chi connectivity index (χ4n) is 7.28. The molecule has 1 fully saturated rings. The minimum absolute atomic E-state index is 0.00692. The second-order valence-electron chi connectivity index (χ2n) is 13.9. The Kier molecular flexibility index (Phi) is 25.3. The average molecular weight is 608 g/mol. The maximum Gasteiger partial charge on any atom is 0.308 e. The van der Waals surface area contributed by atoms with Crippen molar-refractivity contribution >= 4 is 11.9 Å². The van der Waals surface area contributed by atoms with E-state index in [4.69, 9.17) is 4.74 Å². The number of carbonyl (C=O) groups excluding carboxylic acids is 1. The Labute approximate surface area is 267 Å². The van der Waals surface area contributed by atoms with Gasteiger partial charge in [0.25, 0.3) is 0 Å². The van der Waals surface area contributed by atoms with Crippen LogP contribution in [0.5, 0.6) is 0 Å². The molecule has 0 amide bonds. The van der Waals surface area contributed by atoms with Crippen molar-refractivity contribution in [3.8, 4) is 0 Å². The number of carbonyl (C=O) groups is 2. The van der Waals surface area contributed by atoms with E-state index in [1.54, 1.807) is 0 Å². The van der Waals surface area contributed by atoms with E-state index in [9.17, 15) is 14.7 Å². The van der Waals surface area contributed by atoms with Gasteiger partial charge in [-0.1, -0.05) is 143 Å². The minimum Gasteiger partial charge on any atom is -0.481 e. The van der Waals surface area contributed by atoms with Gasteiger partial charge in [-0.15, -0.1) is 0 Å². The third-order valence-corrected chi connectivity index (χ3v) is 10.1. The Morgan fingerprint density at radius 1 is 0.674 bits per heavy atom. The number of unbranched alkanes of at least 4 members (excludes halogenated alkanes) is 16. The van der Waals surface area contributed by atoms with Crippen LogP contribution in [0.2, 0.25) is 0 Å². The van der Waals surface area contributed by atoms with Crippen molar-refractivity contribution < 1.29 is 19.4 Å². The minimum atomic E-state index is -0.600. The number of rotatable bonds is 30. The number of aliphatic carboxylic acids is 1. The van der Waals surface area contributed by atoms with Crippen LogP contribution in [0.1, 0.15) is 188 Å². The first kappa shape index (κ1) is 39.9. The summed E-state index contributed by atoms with van der Waals surface area (Å²) in [6.07, 6.45) is 31.0. The molecule has 0 bridgehead atoms. The zero-order chi connectivity index (χ0) is 31.5. The van der Waals surface area contributed by atoms with Gasteiger partial charge in [-0.3, -0.25) is 9.59 Å². The van der Waals surface area contributed by atoms with Crippen LogP contribution in [0.25, 0.3) is 0 Å². The lowest BCUT2D eigenvalue weighted by Crippen LogP contribution is -2.39. The molecule has 0 radical (unpaired) electrons. The van der Waals surface area contributed by atoms with Gasteiger partial charge in [0.2, 0.25) is 0 Å². The van der Waals surface area contributed by atoms with Crippen molar-refractivity contribution in [2.45, 2.75) is 194 Å². The highest BCUT2D eigenvalue weighted by molar-refractivity contribution is 5.71. The van der Waals surface area contributed by atoms with Gasteiger partial charge in [0.15, 0.2) is 0 Å². The van der Waals surface area contributed by atoms with E-state index in [-0.39, 0.29) is 17.9 Å². The molecule has 5 nitrogen and oxygen atoms in total. The first-order valence-corrected chi connectivity index (χ1v) is 19.0. The molecule has 0 aromatic rings. The van der Waals surface area contributed by atoms with Gasteiger partial charge in [-0.2, -0.15) is 0 Å². The SMILES string of the molecule is CCCCCCCCCCC(CCCCCCCCC(=O)OCC(CCCC)CCCCCC)C1C(C(=O)O)CCN1C. The number of likely N-dealkylation sites (tertiary alicyclic amines) is 1. The van der Waals surface area contributed by atoms with Crippen LogP contribution < -0.4 is 0 Å². The van der Waals surface area contributed by atoms with E-state index in [0.29, 0.717) is 24.9 Å². The van der Waals surface area contributed by atoms with Gasteiger partial charge in [0, 0.05) is 12.5 Å². The van der Waals surface area contributed by atoms with Crippen molar-refractivity contribution in [1.29, 1.82) is 0 Å². The summed E-state index contributed by atoms with van der Waals surface area (Å²) >= 11 is 0. The molecule has 4 unspecified atom stereocenters. The lowest BCUT2D eigenvalue weighted by Gasteiger charge is -2.32. The molecular formula is C38H73NO4. The quantitative estimate of drug-likeness (QED) is 0.0650. The molecule has 0 aromatic carbocycles. The maximum absolute atomic E-state index is 12.4. The van der Waals surface area contributed by atoms with Gasteiger partial charge in [0.05, 0.1) is 12.5 Å². The fourth-order valence-corrected chi connectivity index (χ4v) is 7.28. The van der Waals surface area contributed by atoms with Gasteiger partial charge >= 0.3 is 11.9 Å². The van der Waals surface area contributed by atoms with E-state index in [1.807, 2.05) is 0 Å². The van der Waals surface area contributed by atoms with Crippen molar-refractivity contribution in [3.05, 3.63) is 0 Å². The van der Waals surface area contributed by atoms with Gasteiger partial charge < -0.3 is 14.7 Å². The van der Waals surface area contributed by atoms with E-state index in [2.05, 4.69) is 32.7 Å². The number of hydrogen-bond acceptors (Lipinski definition) is 4. The molecule has 1 aliphatic heterocycles. The number of nitrogens with zero attached hydrogens (tertiary/aromatic N) is 1. The molecule has 1 N–H and O–H groups in total. The Balaban J connectivity index is 2.28. The zero-order valence-electron chi connectivity index (χ0n) is 29.2. The summed E-state index contributed by atoms with van der Waals surface area (Å²) in [5.41, 5.74) is 0. The van der Waals surface area contributed by atoms with E-state index >= 15 is 0 Å². The lowest BCUT2D eigenvalue weighted by atomic mass is 9.82. The fraction of sp³-hybridized carbons (Fsp3) is 0.947. The molecule has 5 heteroatoms. The average Bonchev–Trinajstić information content (AvgIpc) is 3.39. The second-order valence-corrected chi connectivity index (χ2v) is 13.9. The molecule has 1 aliphatic rings. The third-order valence-electron chi connectivity index (χ3n) is 10.1. The predicted octanol–water partition coefficient (Wildman–Crippen LogP) is 11.0. The van der Waals surface area contributed by atoms with Crippen LogP contribution in [0.3, 0.4) is 0 Å². The highest BCUT2D eigenvalue weighted by Crippen LogP contribution is 2.35. The Morgan fingerprint density at radius 2 is 1.14 bits per heavy atom. The Morgan fingerprint density at radius 3 is 1.70 bits per heavy atom. The summed E-state index contributed by atoms with van der Waals surface area (Å²) in [7, 11) is 2.14. The smallest absolute Gasteiger partial charge is 0.308 e. The van der Waals surface area contributed by atoms with Crippen LogP contribution in [0.4, 0.5) is 0 Å². The number of ether oxygens (including phenoxy) is 1. The van der Waals surface area contributed by atoms with Crippen molar-refractivity contribution in [2.75, 3.05) is 20.2 Å². The normalized spacial score (nSPS) is 18.6. The second kappa shape index (κ2) is 27.2. The number of hydrogen-bond donors (Lipinski definition) is 1. The van der Waals surface area contributed by atoms with Gasteiger partial charge in [0.1, 0.15) is 0 Å². The monoisotopic (exact) mass is 608 g/mol. The summed E-state index contributed by atoms with van der Waals surface area (Å²) < 4.78 is 5.70. The van der Waals surface area contributed by atoms with E-state index in [1.165, 1.54) is 135 Å². The topological polar surface area (TPSA) is 66.8 Å². The number of carboxylic acids is 1. The molecule has 0 saturated carbocycles. The van der Waals surface area contributed by atoms with Crippen LogP contribution in [-0.4, -0.2) is 48.2 Å². The number of esters is 1. The summed E-state index contributed by atoms with van der Waals surface area (Å²) in [6, 6.07) is 0.200. The molecule has 43 heavy (non-hydrogen) atoms. The standard InChI is InChI=1S/C38H73NO4/c1-5-8-11-13-14-15-18-22-27-34(37-35(38(41)42)30-31-39(37)4)28-23-19-16-17-20-24-29-36(40)43-32-33(25-10-7-3)26-21-12-9-6-2/h33-35,37H,5-32H2,1-4H3,(H,41,42). The Hall–Kier alpha value is -1.10. The number of carboxylic acid groups (broad SMARTS) is 1. The highest BCUT2D eigenvalue weighted by Gasteiger charge is 2.40. The molecule has 254 valence electrons. The lowest BCUT2D eigenvalue weighted by molar-refractivity contribution is -0.145. The molecule has 1 heterocycles. The first-order chi connectivity index (χ1) is 20.9. The summed E-state index contributed by atoms with van der Waals surface area (Å²) in [6.45, 7) is 8.28. The highest BCUT2D eigenvalue weighted by atomic mass is 16.5. The molecule has 4 atom stereocenters. The Bertz CT molecular complexity index is 668. The zero-order valence-corrected chi connectivity index (χ0v) is 29.2. The maximum atomic E-state index is 12.4. The molecule has 0 aliphatic carbocycles. The predicted molar refractivity (Wildman–Crippen MR) is 183 cm³/mol. The summed E-state index contributed by atoms with van der Waals surface area (Å²) in [4.78, 5) is 26.7. The summed E-state index contributed by atoms with van der Waals surface area (Å²) in [5, 5.41) is 9.88. The van der Waals surface area contributed by atoms with Crippen molar-refractivity contribution in [2.24, 2.45) is 17.8 Å². The van der Waals surface area contributed by atoms with Crippen molar-refractivity contribution in [1.82, 2.24) is 4.90 Å².